The van der Waals surface area contributed by atoms with Crippen LogP contribution in [-0.4, -0.2) is 17.2 Å². The van der Waals surface area contributed by atoms with E-state index in [0.29, 0.717) is 5.75 Å². The number of hydrogen-bond donors (Lipinski definition) is 2. The van der Waals surface area contributed by atoms with Gasteiger partial charge in [0, 0.05) is 33.1 Å². The van der Waals surface area contributed by atoms with Gasteiger partial charge in [0.2, 0.25) is 0 Å². The van der Waals surface area contributed by atoms with Gasteiger partial charge in [0.15, 0.2) is 11.5 Å². The maximum Gasteiger partial charge on any atom is 0.161 e. The molecule has 1 aromatic carbocycles. The second kappa shape index (κ2) is 3.49. The monoisotopic (exact) mass is 246 g/mol. The van der Waals surface area contributed by atoms with Crippen molar-refractivity contribution in [2.45, 2.75) is 0 Å². The summed E-state index contributed by atoms with van der Waals surface area (Å²) >= 11 is 1.57. The van der Waals surface area contributed by atoms with E-state index >= 15 is 0 Å². The minimum Gasteiger partial charge on any atom is -0.504 e. The van der Waals surface area contributed by atoms with Crippen molar-refractivity contribution in [2.24, 2.45) is 0 Å². The second-order valence-corrected chi connectivity index (χ2v) is 4.61. The summed E-state index contributed by atoms with van der Waals surface area (Å²) in [6.07, 6.45) is 1.73. The molecule has 2 aromatic heterocycles. The Morgan fingerprint density at radius 1 is 1.35 bits per heavy atom. The summed E-state index contributed by atoms with van der Waals surface area (Å²) in [5, 5.41) is 13.5. The average molecular weight is 246 g/mol. The van der Waals surface area contributed by atoms with Gasteiger partial charge in [0.25, 0.3) is 0 Å². The van der Waals surface area contributed by atoms with Crippen molar-refractivity contribution in [3.05, 3.63) is 23.7 Å². The lowest BCUT2D eigenvalue weighted by Gasteiger charge is -2.05. The van der Waals surface area contributed by atoms with Crippen LogP contribution in [0.25, 0.3) is 21.0 Å². The van der Waals surface area contributed by atoms with Crippen LogP contribution < -0.4 is 10.5 Å². The van der Waals surface area contributed by atoms with Crippen molar-refractivity contribution in [1.82, 2.24) is 4.98 Å². The van der Waals surface area contributed by atoms with Crippen molar-refractivity contribution < 1.29 is 9.84 Å². The molecule has 0 saturated carbocycles. The van der Waals surface area contributed by atoms with E-state index < -0.39 is 0 Å². The number of hydrogen-bond acceptors (Lipinski definition) is 5. The molecule has 86 valence electrons. The fourth-order valence-electron chi connectivity index (χ4n) is 1.87. The van der Waals surface area contributed by atoms with Gasteiger partial charge in [0.05, 0.1) is 18.3 Å². The number of nitrogen functional groups attached to an aromatic ring is 1. The molecule has 0 aliphatic carbocycles. The standard InChI is InChI=1S/C12H10N2O2S/c1-16-11-2-6-9(3-10(11)15)14-4-7-8(13)5-17-12(6)7/h2-5,15H,13H2,1H3. The number of aromatic hydroxyl groups is 1. The molecule has 0 aliphatic rings. The van der Waals surface area contributed by atoms with Crippen LogP contribution in [0.3, 0.4) is 0 Å². The number of benzene rings is 1. The van der Waals surface area contributed by atoms with Crippen LogP contribution >= 0.6 is 11.3 Å². The Bertz CT molecular complexity index is 721. The molecule has 17 heavy (non-hydrogen) atoms. The third-order valence-electron chi connectivity index (χ3n) is 2.73. The first kappa shape index (κ1) is 10.2. The van der Waals surface area contributed by atoms with Crippen LogP contribution in [0.1, 0.15) is 0 Å². The fourth-order valence-corrected chi connectivity index (χ4v) is 2.83. The molecule has 0 bridgehead atoms. The lowest BCUT2D eigenvalue weighted by Crippen LogP contribution is -1.87. The number of phenolic OH excluding ortho intramolecular Hbond substituents is 1. The highest BCUT2D eigenvalue weighted by Crippen LogP contribution is 2.37. The highest BCUT2D eigenvalue weighted by Gasteiger charge is 2.10. The topological polar surface area (TPSA) is 68.4 Å². The van der Waals surface area contributed by atoms with E-state index in [1.807, 2.05) is 5.38 Å². The molecular weight excluding hydrogens is 236 g/mol. The van der Waals surface area contributed by atoms with Gasteiger partial charge in [-0.25, -0.2) is 0 Å². The lowest BCUT2D eigenvalue weighted by atomic mass is 10.1. The summed E-state index contributed by atoms with van der Waals surface area (Å²) in [5.41, 5.74) is 7.32. The SMILES string of the molecule is COc1cc2c(cc1O)ncc1c(N)csc12. The number of pyridine rings is 1. The normalized spacial score (nSPS) is 11.1. The maximum atomic E-state index is 9.70. The maximum absolute atomic E-state index is 9.70. The van der Waals surface area contributed by atoms with Crippen LogP contribution in [0.5, 0.6) is 11.5 Å². The van der Waals surface area contributed by atoms with Gasteiger partial charge in [-0.2, -0.15) is 0 Å². The number of methoxy groups -OCH3 is 1. The Hall–Kier alpha value is -2.01. The quantitative estimate of drug-likeness (QED) is 0.692. The van der Waals surface area contributed by atoms with Crippen molar-refractivity contribution in [2.75, 3.05) is 12.8 Å². The van der Waals surface area contributed by atoms with Crippen LogP contribution in [0.15, 0.2) is 23.7 Å². The summed E-state index contributed by atoms with van der Waals surface area (Å²) in [6, 6.07) is 3.39. The minimum atomic E-state index is 0.0939. The van der Waals surface area contributed by atoms with E-state index in [-0.39, 0.29) is 5.75 Å². The van der Waals surface area contributed by atoms with Gasteiger partial charge in [-0.15, -0.1) is 11.3 Å². The first-order valence-electron chi connectivity index (χ1n) is 5.03. The number of fused-ring (bicyclic) bond motifs is 3. The van der Waals surface area contributed by atoms with Crippen LogP contribution in [-0.2, 0) is 0 Å². The van der Waals surface area contributed by atoms with Gasteiger partial charge < -0.3 is 15.6 Å². The number of rotatable bonds is 1. The van der Waals surface area contributed by atoms with Gasteiger partial charge in [0.1, 0.15) is 0 Å². The van der Waals surface area contributed by atoms with Gasteiger partial charge >= 0.3 is 0 Å². The van der Waals surface area contributed by atoms with Gasteiger partial charge in [-0.1, -0.05) is 0 Å². The molecule has 4 nitrogen and oxygen atoms in total. The predicted octanol–water partition coefficient (Wildman–Crippen LogP) is 2.75. The van der Waals surface area contributed by atoms with E-state index in [1.54, 1.807) is 29.7 Å². The van der Waals surface area contributed by atoms with E-state index in [0.717, 1.165) is 26.7 Å². The Morgan fingerprint density at radius 2 is 2.18 bits per heavy atom. The molecule has 2 heterocycles. The highest BCUT2D eigenvalue weighted by atomic mass is 32.1. The number of thiophene rings is 1. The van der Waals surface area contributed by atoms with E-state index in [1.165, 1.54) is 7.11 Å². The number of anilines is 1. The summed E-state index contributed by atoms with van der Waals surface area (Å²) in [6.45, 7) is 0. The number of aromatic nitrogens is 1. The summed E-state index contributed by atoms with van der Waals surface area (Å²) in [4.78, 5) is 4.29. The van der Waals surface area contributed by atoms with Crippen molar-refractivity contribution in [1.29, 1.82) is 0 Å². The molecule has 3 aromatic rings. The van der Waals surface area contributed by atoms with E-state index in [4.69, 9.17) is 10.5 Å². The zero-order valence-corrected chi connectivity index (χ0v) is 9.91. The molecule has 0 radical (unpaired) electrons. The van der Waals surface area contributed by atoms with Crippen molar-refractivity contribution in [3.8, 4) is 11.5 Å². The van der Waals surface area contributed by atoms with Crippen LogP contribution in [0.2, 0.25) is 0 Å². The van der Waals surface area contributed by atoms with Gasteiger partial charge in [-0.3, -0.25) is 4.98 Å². The minimum absolute atomic E-state index is 0.0939. The Labute approximate surface area is 101 Å². The Balaban J connectivity index is 2.48. The highest BCUT2D eigenvalue weighted by molar-refractivity contribution is 7.18. The zero-order valence-electron chi connectivity index (χ0n) is 9.10. The molecule has 0 fully saturated rings. The summed E-state index contributed by atoms with van der Waals surface area (Å²) in [7, 11) is 1.53. The van der Waals surface area contributed by atoms with Crippen molar-refractivity contribution >= 4 is 38.0 Å². The summed E-state index contributed by atoms with van der Waals surface area (Å²) < 4.78 is 6.17. The largest absolute Gasteiger partial charge is 0.504 e. The lowest BCUT2D eigenvalue weighted by molar-refractivity contribution is 0.374. The molecule has 0 atom stereocenters. The fraction of sp³-hybridized carbons (Fsp3) is 0.0833. The number of ether oxygens (including phenoxy) is 1. The molecule has 0 spiro atoms. The molecule has 0 aliphatic heterocycles. The molecule has 0 unspecified atom stereocenters. The van der Waals surface area contributed by atoms with Crippen molar-refractivity contribution in [3.63, 3.8) is 0 Å². The first-order chi connectivity index (χ1) is 8.20. The molecule has 0 amide bonds. The number of phenols is 1. The second-order valence-electron chi connectivity index (χ2n) is 3.73. The average Bonchev–Trinajstić information content (AvgIpc) is 2.70. The zero-order chi connectivity index (χ0) is 12.0. The van der Waals surface area contributed by atoms with Gasteiger partial charge in [-0.05, 0) is 6.07 Å². The first-order valence-corrected chi connectivity index (χ1v) is 5.91. The van der Waals surface area contributed by atoms with Crippen LogP contribution in [0, 0.1) is 0 Å². The van der Waals surface area contributed by atoms with Crippen LogP contribution in [0.4, 0.5) is 5.69 Å². The number of nitrogens with two attached hydrogens (primary N) is 1. The molecule has 3 rings (SSSR count). The number of nitrogens with zero attached hydrogens (tertiary/aromatic N) is 1. The van der Waals surface area contributed by atoms with E-state index in [2.05, 4.69) is 4.98 Å². The molecule has 3 N–H and O–H groups in total. The third-order valence-corrected chi connectivity index (χ3v) is 3.78. The summed E-state index contributed by atoms with van der Waals surface area (Å²) in [5.74, 6) is 0.537. The molecular formula is C12H10N2O2S. The Kier molecular flexibility index (Phi) is 2.09. The molecule has 5 heteroatoms. The Morgan fingerprint density at radius 3 is 2.94 bits per heavy atom. The third kappa shape index (κ3) is 1.39. The molecule has 0 saturated heterocycles. The smallest absolute Gasteiger partial charge is 0.161 e. The van der Waals surface area contributed by atoms with E-state index in [9.17, 15) is 5.11 Å². The predicted molar refractivity (Wildman–Crippen MR) is 69.8 cm³/mol.